The van der Waals surface area contributed by atoms with Crippen molar-refractivity contribution < 1.29 is 13.6 Å². The SMILES string of the molecule is [B]c1ccc(NSc2cc(NC(=O)/C=C/N=C(N)F)ccc2F)cc1. The Bertz CT molecular complexity index is 808. The van der Waals surface area contributed by atoms with Crippen LogP contribution in [0.15, 0.2) is 64.6 Å². The average molecular weight is 358 g/mol. The third-order valence-corrected chi connectivity index (χ3v) is 3.68. The third-order valence-electron chi connectivity index (χ3n) is 2.81. The number of hydrogen-bond donors (Lipinski definition) is 3. The molecule has 2 rings (SSSR count). The number of benzene rings is 2. The zero-order valence-electron chi connectivity index (χ0n) is 12.9. The lowest BCUT2D eigenvalue weighted by Gasteiger charge is -2.09. The van der Waals surface area contributed by atoms with Crippen LogP contribution in [0, 0.1) is 5.82 Å². The van der Waals surface area contributed by atoms with Crippen LogP contribution in [0.3, 0.4) is 0 Å². The lowest BCUT2D eigenvalue weighted by Crippen LogP contribution is -2.08. The summed E-state index contributed by atoms with van der Waals surface area (Å²) in [6, 6.07) is 11.0. The molecule has 2 radical (unpaired) electrons. The molecule has 0 aromatic heterocycles. The second-order valence-electron chi connectivity index (χ2n) is 4.73. The quantitative estimate of drug-likeness (QED) is 0.185. The number of nitrogens with one attached hydrogen (secondary N) is 2. The van der Waals surface area contributed by atoms with Crippen molar-refractivity contribution in [3.05, 3.63) is 60.6 Å². The van der Waals surface area contributed by atoms with Gasteiger partial charge >= 0.3 is 0 Å². The van der Waals surface area contributed by atoms with Gasteiger partial charge in [0.25, 0.3) is 6.09 Å². The van der Waals surface area contributed by atoms with E-state index in [9.17, 15) is 13.6 Å². The van der Waals surface area contributed by atoms with E-state index in [4.69, 9.17) is 13.6 Å². The largest absolute Gasteiger partial charge is 0.360 e. The lowest BCUT2D eigenvalue weighted by atomic mass is 9.96. The summed E-state index contributed by atoms with van der Waals surface area (Å²) in [5, 5.41) is 2.51. The lowest BCUT2D eigenvalue weighted by molar-refractivity contribution is -0.111. The highest BCUT2D eigenvalue weighted by Gasteiger charge is 2.06. The van der Waals surface area contributed by atoms with Gasteiger partial charge in [0, 0.05) is 23.7 Å². The van der Waals surface area contributed by atoms with Gasteiger partial charge in [-0.2, -0.15) is 4.39 Å². The Balaban J connectivity index is 2.01. The summed E-state index contributed by atoms with van der Waals surface area (Å²) in [6.07, 6.45) is 0.764. The van der Waals surface area contributed by atoms with Gasteiger partial charge in [0.15, 0.2) is 0 Å². The van der Waals surface area contributed by atoms with Crippen LogP contribution in [-0.2, 0) is 4.79 Å². The summed E-state index contributed by atoms with van der Waals surface area (Å²) < 4.78 is 29.1. The van der Waals surface area contributed by atoms with Crippen LogP contribution < -0.4 is 21.2 Å². The van der Waals surface area contributed by atoms with Crippen molar-refractivity contribution in [3.8, 4) is 0 Å². The van der Waals surface area contributed by atoms with Crippen molar-refractivity contribution in [1.82, 2.24) is 0 Å². The van der Waals surface area contributed by atoms with E-state index in [1.165, 1.54) is 18.2 Å². The highest BCUT2D eigenvalue weighted by atomic mass is 32.2. The van der Waals surface area contributed by atoms with E-state index in [1.54, 1.807) is 24.3 Å². The molecule has 0 spiro atoms. The van der Waals surface area contributed by atoms with Gasteiger partial charge in [0.2, 0.25) is 5.91 Å². The third kappa shape index (κ3) is 6.30. The van der Waals surface area contributed by atoms with Crippen LogP contribution in [0.5, 0.6) is 0 Å². The first-order valence-electron chi connectivity index (χ1n) is 6.98. The predicted molar refractivity (Wildman–Crippen MR) is 98.2 cm³/mol. The summed E-state index contributed by atoms with van der Waals surface area (Å²) >= 11 is 1.05. The first kappa shape index (κ1) is 18.5. The van der Waals surface area contributed by atoms with Gasteiger partial charge in [0.1, 0.15) is 13.7 Å². The smallest absolute Gasteiger partial charge is 0.279 e. The number of carbonyl (C=O) groups excluding carboxylic acids is 1. The second-order valence-corrected chi connectivity index (χ2v) is 5.58. The Hall–Kier alpha value is -2.81. The number of nitrogens with zero attached hydrogens (tertiary/aromatic N) is 1. The van der Waals surface area contributed by atoms with E-state index < -0.39 is 17.8 Å². The molecule has 0 heterocycles. The number of rotatable bonds is 6. The van der Waals surface area contributed by atoms with Crippen LogP contribution in [0.2, 0.25) is 0 Å². The zero-order valence-corrected chi connectivity index (χ0v) is 13.7. The second kappa shape index (κ2) is 8.88. The van der Waals surface area contributed by atoms with Gasteiger partial charge in [-0.05, 0) is 42.3 Å². The maximum atomic E-state index is 13.9. The number of anilines is 2. The highest BCUT2D eigenvalue weighted by Crippen LogP contribution is 2.26. The fourth-order valence-electron chi connectivity index (χ4n) is 1.68. The fourth-order valence-corrected chi connectivity index (χ4v) is 2.40. The van der Waals surface area contributed by atoms with Crippen molar-refractivity contribution in [3.63, 3.8) is 0 Å². The Kier molecular flexibility index (Phi) is 6.58. The minimum atomic E-state index is -1.15. The van der Waals surface area contributed by atoms with Crippen LogP contribution in [0.1, 0.15) is 0 Å². The molecule has 0 saturated carbocycles. The molecule has 9 heteroatoms. The van der Waals surface area contributed by atoms with E-state index in [0.29, 0.717) is 11.2 Å². The van der Waals surface area contributed by atoms with Gasteiger partial charge in [-0.15, -0.1) is 0 Å². The molecule has 2 aromatic carbocycles. The van der Waals surface area contributed by atoms with E-state index in [0.717, 1.165) is 29.9 Å². The molecule has 0 saturated heterocycles. The molecule has 4 N–H and O–H groups in total. The van der Waals surface area contributed by atoms with Gasteiger partial charge in [0.05, 0.1) is 4.90 Å². The Morgan fingerprint density at radius 2 is 1.88 bits per heavy atom. The normalized spacial score (nSPS) is 11.5. The molecule has 0 aliphatic rings. The maximum Gasteiger partial charge on any atom is 0.279 e. The molecule has 25 heavy (non-hydrogen) atoms. The minimum Gasteiger partial charge on any atom is -0.360 e. The Morgan fingerprint density at radius 3 is 2.56 bits per heavy atom. The van der Waals surface area contributed by atoms with Crippen molar-refractivity contribution in [2.75, 3.05) is 10.0 Å². The van der Waals surface area contributed by atoms with Crippen LogP contribution >= 0.6 is 11.9 Å². The summed E-state index contributed by atoms with van der Waals surface area (Å²) in [5.74, 6) is -1.00. The van der Waals surface area contributed by atoms with E-state index in [-0.39, 0.29) is 4.90 Å². The number of hydrogen-bond acceptors (Lipinski definition) is 4. The van der Waals surface area contributed by atoms with Crippen molar-refractivity contribution >= 4 is 48.6 Å². The maximum absolute atomic E-state index is 13.9. The standard InChI is InChI=1S/C16H13BF2N4OS/c17-10-1-3-11(4-2-10)23-25-14-9-12(5-6-13(14)18)22-15(24)7-8-21-16(19)20/h1-9,23H,(H2,20,21)(H,22,24)/b8-7+. The summed E-state index contributed by atoms with van der Waals surface area (Å²) in [4.78, 5) is 15.0. The first-order chi connectivity index (χ1) is 11.9. The summed E-state index contributed by atoms with van der Waals surface area (Å²) in [6.45, 7) is 0. The molecular formula is C16H13BF2N4OS. The van der Waals surface area contributed by atoms with Crippen molar-refractivity contribution in [2.24, 2.45) is 10.7 Å². The van der Waals surface area contributed by atoms with Crippen LogP contribution in [-0.4, -0.2) is 19.8 Å². The fraction of sp³-hybridized carbons (Fsp3) is 0. The predicted octanol–water partition coefficient (Wildman–Crippen LogP) is 2.48. The average Bonchev–Trinajstić information content (AvgIpc) is 2.56. The van der Waals surface area contributed by atoms with Gasteiger partial charge < -0.3 is 15.8 Å². The van der Waals surface area contributed by atoms with Gasteiger partial charge in [-0.1, -0.05) is 17.6 Å². The van der Waals surface area contributed by atoms with Gasteiger partial charge in [-0.25, -0.2) is 9.38 Å². The number of amides is 1. The zero-order chi connectivity index (χ0) is 18.2. The topological polar surface area (TPSA) is 79.5 Å². The molecule has 1 amide bonds. The van der Waals surface area contributed by atoms with E-state index in [2.05, 4.69) is 15.0 Å². The molecule has 2 aromatic rings. The number of halogens is 2. The number of carbonyl (C=O) groups is 1. The molecule has 0 aliphatic heterocycles. The molecule has 0 aliphatic carbocycles. The van der Waals surface area contributed by atoms with Crippen LogP contribution in [0.4, 0.5) is 20.2 Å². The summed E-state index contributed by atoms with van der Waals surface area (Å²) in [5.41, 5.74) is 6.44. The molecule has 0 atom stereocenters. The molecule has 126 valence electrons. The van der Waals surface area contributed by atoms with E-state index >= 15 is 0 Å². The number of nitrogens with two attached hydrogens (primary N) is 1. The molecule has 0 fully saturated rings. The first-order valence-corrected chi connectivity index (χ1v) is 7.80. The Morgan fingerprint density at radius 1 is 1.20 bits per heavy atom. The molecular weight excluding hydrogens is 345 g/mol. The minimum absolute atomic E-state index is 0.282. The Labute approximate surface area is 148 Å². The van der Waals surface area contributed by atoms with Gasteiger partial charge in [-0.3, -0.25) is 4.79 Å². The van der Waals surface area contributed by atoms with Crippen molar-refractivity contribution in [1.29, 1.82) is 0 Å². The number of amidine groups is 1. The molecule has 0 bridgehead atoms. The molecule has 0 unspecified atom stereocenters. The number of aliphatic imine (C=N–C) groups is 1. The monoisotopic (exact) mass is 358 g/mol. The summed E-state index contributed by atoms with van der Waals surface area (Å²) in [7, 11) is 5.60. The molecule has 5 nitrogen and oxygen atoms in total. The van der Waals surface area contributed by atoms with Crippen LogP contribution in [0.25, 0.3) is 0 Å². The highest BCUT2D eigenvalue weighted by molar-refractivity contribution is 8.00. The van der Waals surface area contributed by atoms with E-state index in [1.807, 2.05) is 0 Å². The van der Waals surface area contributed by atoms with Crippen molar-refractivity contribution in [2.45, 2.75) is 4.90 Å².